The fourth-order valence-corrected chi connectivity index (χ4v) is 2.14. The molecule has 0 aliphatic heterocycles. The molecule has 1 aromatic carbocycles. The summed E-state index contributed by atoms with van der Waals surface area (Å²) in [6, 6.07) is 6.84. The van der Waals surface area contributed by atoms with E-state index in [1.54, 1.807) is 24.3 Å². The molecule has 0 fully saturated rings. The normalized spacial score (nSPS) is 11.3. The van der Waals surface area contributed by atoms with Crippen LogP contribution in [0.4, 0.5) is 24.0 Å². The van der Waals surface area contributed by atoms with E-state index in [4.69, 9.17) is 0 Å². The van der Waals surface area contributed by atoms with E-state index in [9.17, 15) is 18.0 Å². The molecule has 2 aromatic rings. The van der Waals surface area contributed by atoms with E-state index in [1.807, 2.05) is 0 Å². The van der Waals surface area contributed by atoms with Crippen molar-refractivity contribution in [2.24, 2.45) is 0 Å². The molecule has 0 spiro atoms. The number of nitrogens with zero attached hydrogens (tertiary/aromatic N) is 1. The quantitative estimate of drug-likeness (QED) is 0.872. The maximum Gasteiger partial charge on any atom is 0.434 e. The minimum absolute atomic E-state index is 0.176. The van der Waals surface area contributed by atoms with Gasteiger partial charge in [-0.15, -0.1) is 11.3 Å². The van der Waals surface area contributed by atoms with Crippen LogP contribution >= 0.6 is 11.3 Å². The Balaban J connectivity index is 2.08. The first-order chi connectivity index (χ1) is 8.99. The van der Waals surface area contributed by atoms with Gasteiger partial charge in [0.05, 0.1) is 0 Å². The Morgan fingerprint density at radius 2 is 1.95 bits per heavy atom. The molecule has 1 heterocycles. The molecular formula is C12H9F3N2OS. The van der Waals surface area contributed by atoms with Crippen LogP contribution in [0, 0.1) is 0 Å². The smallest absolute Gasteiger partial charge is 0.332 e. The van der Waals surface area contributed by atoms with Crippen LogP contribution < -0.4 is 5.32 Å². The van der Waals surface area contributed by atoms with E-state index in [2.05, 4.69) is 10.3 Å². The molecule has 0 amide bonds. The number of alkyl halides is 3. The van der Waals surface area contributed by atoms with Crippen molar-refractivity contribution in [1.82, 2.24) is 4.98 Å². The molecule has 0 aliphatic rings. The summed E-state index contributed by atoms with van der Waals surface area (Å²) in [5.74, 6) is 0. The zero-order valence-corrected chi connectivity index (χ0v) is 10.4. The van der Waals surface area contributed by atoms with E-state index in [0.717, 1.165) is 28.6 Å². The molecule has 100 valence electrons. The fraction of sp³-hybridized carbons (Fsp3) is 0.167. The number of anilines is 2. The van der Waals surface area contributed by atoms with Gasteiger partial charge in [0.1, 0.15) is 6.29 Å². The van der Waals surface area contributed by atoms with Crippen molar-refractivity contribution in [3.8, 4) is 0 Å². The summed E-state index contributed by atoms with van der Waals surface area (Å²) >= 11 is 0.887. The van der Waals surface area contributed by atoms with Gasteiger partial charge in [-0.2, -0.15) is 13.2 Å². The SMILES string of the molecule is O=CCc1ccc(Nc2nc(C(F)(F)F)cs2)cc1. The second kappa shape index (κ2) is 5.40. The molecule has 0 radical (unpaired) electrons. The number of halogens is 3. The highest BCUT2D eigenvalue weighted by Gasteiger charge is 2.33. The number of carbonyl (C=O) groups excluding carboxylic acids is 1. The van der Waals surface area contributed by atoms with E-state index in [-0.39, 0.29) is 5.13 Å². The molecule has 0 aliphatic carbocycles. The third kappa shape index (κ3) is 3.54. The van der Waals surface area contributed by atoms with Crippen molar-refractivity contribution in [1.29, 1.82) is 0 Å². The predicted octanol–water partition coefficient (Wildman–Crippen LogP) is 3.65. The summed E-state index contributed by atoms with van der Waals surface area (Å²) in [5, 5.41) is 3.92. The minimum Gasteiger partial charge on any atom is -0.332 e. The van der Waals surface area contributed by atoms with Crippen LogP contribution in [0.25, 0.3) is 0 Å². The van der Waals surface area contributed by atoms with Gasteiger partial charge in [-0.3, -0.25) is 0 Å². The van der Waals surface area contributed by atoms with Gasteiger partial charge in [-0.05, 0) is 17.7 Å². The Morgan fingerprint density at radius 1 is 1.26 bits per heavy atom. The number of thiazole rings is 1. The molecule has 1 aromatic heterocycles. The first-order valence-corrected chi connectivity index (χ1v) is 6.19. The Kier molecular flexibility index (Phi) is 3.84. The van der Waals surface area contributed by atoms with E-state index < -0.39 is 11.9 Å². The Bertz CT molecular complexity index is 563. The number of hydrogen-bond acceptors (Lipinski definition) is 4. The van der Waals surface area contributed by atoms with Crippen molar-refractivity contribution in [2.75, 3.05) is 5.32 Å². The lowest BCUT2D eigenvalue weighted by Crippen LogP contribution is -2.05. The van der Waals surface area contributed by atoms with Gasteiger partial charge >= 0.3 is 6.18 Å². The van der Waals surface area contributed by atoms with Gasteiger partial charge in [0.2, 0.25) is 0 Å². The average molecular weight is 286 g/mol. The Hall–Kier alpha value is -1.89. The number of aromatic nitrogens is 1. The van der Waals surface area contributed by atoms with Gasteiger partial charge < -0.3 is 10.1 Å². The molecule has 0 bridgehead atoms. The molecule has 2 rings (SSSR count). The maximum atomic E-state index is 12.4. The largest absolute Gasteiger partial charge is 0.434 e. The van der Waals surface area contributed by atoms with Gasteiger partial charge in [0.15, 0.2) is 10.8 Å². The lowest BCUT2D eigenvalue weighted by molar-refractivity contribution is -0.140. The fourth-order valence-electron chi connectivity index (χ4n) is 1.41. The second-order valence-corrected chi connectivity index (χ2v) is 4.59. The molecule has 19 heavy (non-hydrogen) atoms. The van der Waals surface area contributed by atoms with Crippen LogP contribution in [-0.4, -0.2) is 11.3 Å². The number of carbonyl (C=O) groups is 1. The molecular weight excluding hydrogens is 277 g/mol. The monoisotopic (exact) mass is 286 g/mol. The van der Waals surface area contributed by atoms with Crippen LogP contribution in [0.2, 0.25) is 0 Å². The zero-order chi connectivity index (χ0) is 13.9. The number of nitrogens with one attached hydrogen (secondary N) is 1. The Labute approximate surface area is 111 Å². The van der Waals surface area contributed by atoms with Crippen molar-refractivity contribution in [3.05, 3.63) is 40.9 Å². The van der Waals surface area contributed by atoms with Crippen molar-refractivity contribution in [3.63, 3.8) is 0 Å². The van der Waals surface area contributed by atoms with Crippen LogP contribution in [0.1, 0.15) is 11.3 Å². The number of hydrogen-bond donors (Lipinski definition) is 1. The highest BCUT2D eigenvalue weighted by atomic mass is 32.1. The summed E-state index contributed by atoms with van der Waals surface area (Å²) in [7, 11) is 0. The number of benzene rings is 1. The predicted molar refractivity (Wildman–Crippen MR) is 66.6 cm³/mol. The molecule has 1 N–H and O–H groups in total. The number of aldehydes is 1. The van der Waals surface area contributed by atoms with Gasteiger partial charge in [0, 0.05) is 17.5 Å². The maximum absolute atomic E-state index is 12.4. The molecule has 3 nitrogen and oxygen atoms in total. The van der Waals surface area contributed by atoms with Crippen molar-refractivity contribution < 1.29 is 18.0 Å². The molecule has 0 saturated heterocycles. The van der Waals surface area contributed by atoms with Crippen LogP contribution in [-0.2, 0) is 17.4 Å². The lowest BCUT2D eigenvalue weighted by Gasteiger charge is -2.04. The van der Waals surface area contributed by atoms with Gasteiger partial charge in [-0.25, -0.2) is 4.98 Å². The van der Waals surface area contributed by atoms with E-state index >= 15 is 0 Å². The summed E-state index contributed by atoms with van der Waals surface area (Å²) in [5.41, 5.74) is 0.561. The standard InChI is InChI=1S/C12H9F3N2OS/c13-12(14,15)10-7-19-11(17-10)16-9-3-1-8(2-4-9)5-6-18/h1-4,6-7H,5H2,(H,16,17). The van der Waals surface area contributed by atoms with E-state index in [1.165, 1.54) is 0 Å². The summed E-state index contributed by atoms with van der Waals surface area (Å²) < 4.78 is 37.1. The zero-order valence-electron chi connectivity index (χ0n) is 9.57. The number of rotatable bonds is 4. The lowest BCUT2D eigenvalue weighted by atomic mass is 10.1. The summed E-state index contributed by atoms with van der Waals surface area (Å²) in [4.78, 5) is 13.8. The van der Waals surface area contributed by atoms with E-state index in [0.29, 0.717) is 12.1 Å². The molecule has 0 atom stereocenters. The minimum atomic E-state index is -4.43. The van der Waals surface area contributed by atoms with Gasteiger partial charge in [0.25, 0.3) is 0 Å². The van der Waals surface area contributed by atoms with Crippen LogP contribution in [0.15, 0.2) is 29.6 Å². The summed E-state index contributed by atoms with van der Waals surface area (Å²) in [6.45, 7) is 0. The third-order valence-electron chi connectivity index (χ3n) is 2.32. The molecule has 0 saturated carbocycles. The highest BCUT2D eigenvalue weighted by molar-refractivity contribution is 7.13. The van der Waals surface area contributed by atoms with Crippen LogP contribution in [0.5, 0.6) is 0 Å². The summed E-state index contributed by atoms with van der Waals surface area (Å²) in [6.07, 6.45) is -3.32. The average Bonchev–Trinajstić information content (AvgIpc) is 2.80. The second-order valence-electron chi connectivity index (χ2n) is 3.73. The first-order valence-electron chi connectivity index (χ1n) is 5.31. The highest BCUT2D eigenvalue weighted by Crippen LogP contribution is 2.32. The third-order valence-corrected chi connectivity index (χ3v) is 3.08. The molecule has 7 heteroatoms. The van der Waals surface area contributed by atoms with Gasteiger partial charge in [-0.1, -0.05) is 12.1 Å². The van der Waals surface area contributed by atoms with Crippen molar-refractivity contribution >= 4 is 28.4 Å². The molecule has 0 unspecified atom stereocenters. The van der Waals surface area contributed by atoms with Crippen LogP contribution in [0.3, 0.4) is 0 Å². The van der Waals surface area contributed by atoms with Crippen molar-refractivity contribution in [2.45, 2.75) is 12.6 Å². The first kappa shape index (κ1) is 13.5. The Morgan fingerprint density at radius 3 is 2.47 bits per heavy atom. The topological polar surface area (TPSA) is 42.0 Å².